The Morgan fingerprint density at radius 2 is 1.77 bits per heavy atom. The number of benzene rings is 2. The zero-order valence-corrected chi connectivity index (χ0v) is 15.5. The van der Waals surface area contributed by atoms with E-state index < -0.39 is 0 Å². The number of hydrogen-bond donors (Lipinski definition) is 1. The van der Waals surface area contributed by atoms with E-state index in [-0.39, 0.29) is 5.91 Å². The largest absolute Gasteiger partial charge is 0.496 e. The highest BCUT2D eigenvalue weighted by Gasteiger charge is 2.15. The predicted octanol–water partition coefficient (Wildman–Crippen LogP) is 3.88. The first kappa shape index (κ1) is 18.1. The first-order chi connectivity index (χ1) is 12.7. The number of nitrogens with one attached hydrogen (secondary N) is 1. The molecule has 1 N–H and O–H groups in total. The molecule has 1 heterocycles. The van der Waals surface area contributed by atoms with Crippen LogP contribution >= 0.6 is 0 Å². The Morgan fingerprint density at radius 3 is 2.50 bits per heavy atom. The number of methoxy groups -OCH3 is 2. The molecule has 3 rings (SSSR count). The summed E-state index contributed by atoms with van der Waals surface area (Å²) in [5, 5.41) is 3.00. The third-order valence-corrected chi connectivity index (χ3v) is 4.74. The maximum absolute atomic E-state index is 12.5. The van der Waals surface area contributed by atoms with Gasteiger partial charge >= 0.3 is 0 Å². The molecule has 0 atom stereocenters. The van der Waals surface area contributed by atoms with Gasteiger partial charge < -0.3 is 19.7 Å². The minimum absolute atomic E-state index is 0.0345. The molecule has 0 aliphatic carbocycles. The fourth-order valence-corrected chi connectivity index (χ4v) is 3.34. The third-order valence-electron chi connectivity index (χ3n) is 4.74. The van der Waals surface area contributed by atoms with Gasteiger partial charge in [-0.15, -0.1) is 0 Å². The minimum atomic E-state index is -0.0345. The third kappa shape index (κ3) is 4.28. The summed E-state index contributed by atoms with van der Waals surface area (Å²) in [6.45, 7) is 2.13. The van der Waals surface area contributed by atoms with Crippen molar-refractivity contribution < 1.29 is 14.3 Å². The molecule has 2 aromatic carbocycles. The molecule has 1 fully saturated rings. The standard InChI is InChI=1S/C21H26N2O3/c1-25-19-8-4-3-7-16(19)9-12-21(24)22-18-15-17(10-11-20(18)26-2)23-13-5-6-14-23/h3-4,7-8,10-11,15H,5-6,9,12-14H2,1-2H3,(H,22,24). The SMILES string of the molecule is COc1ccccc1CCC(=O)Nc1cc(N2CCCC2)ccc1OC. The van der Waals surface area contributed by atoms with E-state index in [0.717, 1.165) is 35.8 Å². The van der Waals surface area contributed by atoms with Crippen molar-refractivity contribution >= 4 is 17.3 Å². The number of rotatable bonds is 7. The van der Waals surface area contributed by atoms with E-state index in [1.165, 1.54) is 12.8 Å². The summed E-state index contributed by atoms with van der Waals surface area (Å²) in [4.78, 5) is 14.8. The molecule has 1 amide bonds. The van der Waals surface area contributed by atoms with Crippen LogP contribution < -0.4 is 19.7 Å². The molecule has 0 saturated carbocycles. The van der Waals surface area contributed by atoms with Crippen LogP contribution in [0, 0.1) is 0 Å². The molecule has 0 aromatic heterocycles. The van der Waals surface area contributed by atoms with E-state index >= 15 is 0 Å². The first-order valence-corrected chi connectivity index (χ1v) is 9.06. The van der Waals surface area contributed by atoms with Gasteiger partial charge in [-0.3, -0.25) is 4.79 Å². The lowest BCUT2D eigenvalue weighted by atomic mass is 10.1. The Bertz CT molecular complexity index is 755. The van der Waals surface area contributed by atoms with E-state index in [2.05, 4.69) is 16.3 Å². The minimum Gasteiger partial charge on any atom is -0.496 e. The monoisotopic (exact) mass is 354 g/mol. The fraction of sp³-hybridized carbons (Fsp3) is 0.381. The maximum atomic E-state index is 12.5. The zero-order valence-electron chi connectivity index (χ0n) is 15.5. The second kappa shape index (κ2) is 8.61. The van der Waals surface area contributed by atoms with Crippen molar-refractivity contribution in [1.29, 1.82) is 0 Å². The van der Waals surface area contributed by atoms with Crippen LogP contribution in [0.15, 0.2) is 42.5 Å². The van der Waals surface area contributed by atoms with Crippen molar-refractivity contribution in [2.45, 2.75) is 25.7 Å². The van der Waals surface area contributed by atoms with Crippen LogP contribution in [0.1, 0.15) is 24.8 Å². The van der Waals surface area contributed by atoms with Gasteiger partial charge in [-0.2, -0.15) is 0 Å². The van der Waals surface area contributed by atoms with Gasteiger partial charge in [-0.1, -0.05) is 18.2 Å². The molecule has 1 aliphatic rings. The second-order valence-corrected chi connectivity index (χ2v) is 6.44. The average Bonchev–Trinajstić information content (AvgIpc) is 3.21. The Hall–Kier alpha value is -2.69. The normalized spacial score (nSPS) is 13.5. The van der Waals surface area contributed by atoms with Crippen LogP contribution in [0.4, 0.5) is 11.4 Å². The first-order valence-electron chi connectivity index (χ1n) is 9.06. The topological polar surface area (TPSA) is 50.8 Å². The summed E-state index contributed by atoms with van der Waals surface area (Å²) in [7, 11) is 3.27. The van der Waals surface area contributed by atoms with Gasteiger partial charge in [0.1, 0.15) is 11.5 Å². The molecule has 0 bridgehead atoms. The Labute approximate surface area is 154 Å². The molecule has 138 valence electrons. The molecular weight excluding hydrogens is 328 g/mol. The van der Waals surface area contributed by atoms with Crippen molar-refractivity contribution in [3.8, 4) is 11.5 Å². The summed E-state index contributed by atoms with van der Waals surface area (Å²) < 4.78 is 10.8. The van der Waals surface area contributed by atoms with E-state index in [9.17, 15) is 4.79 Å². The maximum Gasteiger partial charge on any atom is 0.224 e. The molecule has 5 nitrogen and oxygen atoms in total. The van der Waals surface area contributed by atoms with Crippen molar-refractivity contribution in [2.24, 2.45) is 0 Å². The quantitative estimate of drug-likeness (QED) is 0.820. The fourth-order valence-electron chi connectivity index (χ4n) is 3.34. The van der Waals surface area contributed by atoms with Crippen molar-refractivity contribution in [1.82, 2.24) is 0 Å². The summed E-state index contributed by atoms with van der Waals surface area (Å²) in [5.41, 5.74) is 2.88. The van der Waals surface area contributed by atoms with Crippen LogP contribution in [0.5, 0.6) is 11.5 Å². The Balaban J connectivity index is 1.66. The molecule has 0 unspecified atom stereocenters. The van der Waals surface area contributed by atoms with Gasteiger partial charge in [0.25, 0.3) is 0 Å². The number of carbonyl (C=O) groups excluding carboxylic acids is 1. The second-order valence-electron chi connectivity index (χ2n) is 6.44. The van der Waals surface area contributed by atoms with Crippen molar-refractivity contribution in [3.05, 3.63) is 48.0 Å². The molecule has 2 aromatic rings. The highest BCUT2D eigenvalue weighted by atomic mass is 16.5. The Kier molecular flexibility index (Phi) is 6.00. The van der Waals surface area contributed by atoms with Crippen LogP contribution in [-0.2, 0) is 11.2 Å². The van der Waals surface area contributed by atoms with Gasteiger partial charge in [0.15, 0.2) is 0 Å². The molecule has 5 heteroatoms. The number of carbonyl (C=O) groups is 1. The van der Waals surface area contributed by atoms with Gasteiger partial charge in [-0.25, -0.2) is 0 Å². The van der Waals surface area contributed by atoms with E-state index in [0.29, 0.717) is 18.6 Å². The number of hydrogen-bond acceptors (Lipinski definition) is 4. The van der Waals surface area contributed by atoms with Gasteiger partial charge in [0, 0.05) is 25.2 Å². The van der Waals surface area contributed by atoms with Crippen LogP contribution in [0.3, 0.4) is 0 Å². The van der Waals surface area contributed by atoms with E-state index in [1.54, 1.807) is 14.2 Å². The number of para-hydroxylation sites is 1. The highest BCUT2D eigenvalue weighted by Crippen LogP contribution is 2.31. The molecule has 0 radical (unpaired) electrons. The van der Waals surface area contributed by atoms with E-state index in [1.807, 2.05) is 36.4 Å². The van der Waals surface area contributed by atoms with Crippen LogP contribution in [-0.4, -0.2) is 33.2 Å². The smallest absolute Gasteiger partial charge is 0.224 e. The lowest BCUT2D eigenvalue weighted by Gasteiger charge is -2.20. The molecule has 26 heavy (non-hydrogen) atoms. The molecule has 1 saturated heterocycles. The number of amides is 1. The molecule has 1 aliphatic heterocycles. The average molecular weight is 354 g/mol. The highest BCUT2D eigenvalue weighted by molar-refractivity contribution is 5.93. The summed E-state index contributed by atoms with van der Waals surface area (Å²) >= 11 is 0. The van der Waals surface area contributed by atoms with Crippen molar-refractivity contribution in [3.63, 3.8) is 0 Å². The van der Waals surface area contributed by atoms with Crippen LogP contribution in [0.25, 0.3) is 0 Å². The number of aryl methyl sites for hydroxylation is 1. The number of nitrogens with zero attached hydrogens (tertiary/aromatic N) is 1. The summed E-state index contributed by atoms with van der Waals surface area (Å²) in [6.07, 6.45) is 3.45. The molecular formula is C21H26N2O3. The van der Waals surface area contributed by atoms with Crippen LogP contribution in [0.2, 0.25) is 0 Å². The number of anilines is 2. The van der Waals surface area contributed by atoms with E-state index in [4.69, 9.17) is 9.47 Å². The zero-order chi connectivity index (χ0) is 18.4. The van der Waals surface area contributed by atoms with Gasteiger partial charge in [-0.05, 0) is 49.1 Å². The lowest BCUT2D eigenvalue weighted by molar-refractivity contribution is -0.116. The summed E-state index contributed by atoms with van der Waals surface area (Å²) in [5.74, 6) is 1.46. The lowest BCUT2D eigenvalue weighted by Crippen LogP contribution is -2.18. The molecule has 0 spiro atoms. The van der Waals surface area contributed by atoms with Gasteiger partial charge in [0.05, 0.1) is 19.9 Å². The predicted molar refractivity (Wildman–Crippen MR) is 104 cm³/mol. The number of ether oxygens (including phenoxy) is 2. The van der Waals surface area contributed by atoms with Crippen molar-refractivity contribution in [2.75, 3.05) is 37.5 Å². The van der Waals surface area contributed by atoms with Gasteiger partial charge in [0.2, 0.25) is 5.91 Å². The Morgan fingerprint density at radius 1 is 1.04 bits per heavy atom. The summed E-state index contributed by atoms with van der Waals surface area (Å²) in [6, 6.07) is 13.8.